The minimum Gasteiger partial charge on any atom is -0.356 e. The van der Waals surface area contributed by atoms with Crippen molar-refractivity contribution in [2.45, 2.75) is 6.92 Å². The highest BCUT2D eigenvalue weighted by atomic mass is 32.2. The third-order valence-electron chi connectivity index (χ3n) is 2.40. The van der Waals surface area contributed by atoms with Crippen molar-refractivity contribution in [3.05, 3.63) is 110 Å². The largest absolute Gasteiger partial charge is 0.356 e. The molecule has 0 aliphatic rings. The first-order valence-corrected chi connectivity index (χ1v) is 8.43. The zero-order valence-corrected chi connectivity index (χ0v) is 14.8. The summed E-state index contributed by atoms with van der Waals surface area (Å²) in [4.78, 5) is -0.0834. The molecule has 0 saturated heterocycles. The Kier molecular flexibility index (Phi) is 8.90. The van der Waals surface area contributed by atoms with Gasteiger partial charge in [-0.2, -0.15) is 0 Å². The number of hydrogen-bond donors (Lipinski definition) is 2. The maximum absolute atomic E-state index is 12.0. The molecule has 0 atom stereocenters. The van der Waals surface area contributed by atoms with Crippen LogP contribution in [0.15, 0.2) is 110 Å². The zero-order valence-electron chi connectivity index (χ0n) is 14.0. The quantitative estimate of drug-likeness (QED) is 0.557. The maximum Gasteiger partial charge on any atom is 0.261 e. The topological polar surface area (TPSA) is 58.2 Å². The van der Waals surface area contributed by atoms with Gasteiger partial charge in [-0.1, -0.05) is 63.3 Å². The third kappa shape index (κ3) is 9.27. The summed E-state index contributed by atoms with van der Waals surface area (Å²) >= 11 is 0. The van der Waals surface area contributed by atoms with E-state index >= 15 is 0 Å². The molecule has 0 aliphatic carbocycles. The first-order valence-electron chi connectivity index (χ1n) is 6.94. The molecule has 5 heteroatoms. The number of allylic oxidation sites excluding steroid dienone is 8. The van der Waals surface area contributed by atoms with Crippen molar-refractivity contribution in [2.24, 2.45) is 0 Å². The summed E-state index contributed by atoms with van der Waals surface area (Å²) in [5.74, 6) is 0. The number of rotatable bonds is 11. The fraction of sp³-hybridized carbons (Fsp3) is 0.0526. The summed E-state index contributed by atoms with van der Waals surface area (Å²) < 4.78 is 26.4. The fourth-order valence-corrected chi connectivity index (χ4v) is 2.06. The Hall–Kier alpha value is -2.79. The molecule has 0 aromatic heterocycles. The molecule has 128 valence electrons. The molecule has 0 saturated carbocycles. The smallest absolute Gasteiger partial charge is 0.261 e. The summed E-state index contributed by atoms with van der Waals surface area (Å²) in [6.45, 7) is 23.7. The fourth-order valence-electron chi connectivity index (χ4n) is 1.27. The van der Waals surface area contributed by atoms with Gasteiger partial charge in [0.15, 0.2) is 0 Å². The molecule has 0 aromatic carbocycles. The first kappa shape index (κ1) is 21.2. The van der Waals surface area contributed by atoms with Crippen molar-refractivity contribution < 1.29 is 8.42 Å². The van der Waals surface area contributed by atoms with Gasteiger partial charge in [-0.3, -0.25) is 4.72 Å². The number of sulfonamides is 1. The molecule has 0 bridgehead atoms. The van der Waals surface area contributed by atoms with Crippen LogP contribution in [0.25, 0.3) is 0 Å². The van der Waals surface area contributed by atoms with Crippen molar-refractivity contribution in [2.75, 3.05) is 0 Å². The number of nitrogens with one attached hydrogen (secondary N) is 2. The van der Waals surface area contributed by atoms with Crippen molar-refractivity contribution >= 4 is 10.0 Å². The molecule has 4 nitrogen and oxygen atoms in total. The van der Waals surface area contributed by atoms with Gasteiger partial charge in [-0.25, -0.2) is 8.42 Å². The Morgan fingerprint density at radius 1 is 0.833 bits per heavy atom. The monoisotopic (exact) mass is 344 g/mol. The van der Waals surface area contributed by atoms with Crippen LogP contribution >= 0.6 is 0 Å². The predicted octanol–water partition coefficient (Wildman–Crippen LogP) is 3.98. The normalized spacial score (nSPS) is 11.5. The van der Waals surface area contributed by atoms with Crippen molar-refractivity contribution in [1.82, 2.24) is 10.0 Å². The van der Waals surface area contributed by atoms with Gasteiger partial charge in [-0.05, 0) is 31.2 Å². The van der Waals surface area contributed by atoms with Gasteiger partial charge >= 0.3 is 0 Å². The van der Waals surface area contributed by atoms with Gasteiger partial charge in [0.2, 0.25) is 0 Å². The summed E-state index contributed by atoms with van der Waals surface area (Å²) in [5, 5.41) is 2.92. The Bertz CT molecular complexity index is 748. The molecule has 0 rings (SSSR count). The van der Waals surface area contributed by atoms with Gasteiger partial charge in [0.1, 0.15) is 0 Å². The third-order valence-corrected chi connectivity index (χ3v) is 3.76. The van der Waals surface area contributed by atoms with Crippen molar-refractivity contribution in [3.63, 3.8) is 0 Å². The van der Waals surface area contributed by atoms with E-state index in [-0.39, 0.29) is 10.6 Å². The lowest BCUT2D eigenvalue weighted by atomic mass is 10.3. The van der Waals surface area contributed by atoms with Crippen molar-refractivity contribution in [1.29, 1.82) is 0 Å². The molecule has 0 spiro atoms. The van der Waals surface area contributed by atoms with Crippen LogP contribution in [0.2, 0.25) is 0 Å². The van der Waals surface area contributed by atoms with Crippen LogP contribution in [-0.4, -0.2) is 8.42 Å². The zero-order chi connectivity index (χ0) is 18.8. The van der Waals surface area contributed by atoms with Crippen LogP contribution in [0.3, 0.4) is 0 Å². The molecular weight excluding hydrogens is 320 g/mol. The van der Waals surface area contributed by atoms with Crippen LogP contribution in [-0.2, 0) is 10.0 Å². The van der Waals surface area contributed by atoms with Crippen LogP contribution in [0, 0.1) is 0 Å². The molecule has 2 N–H and O–H groups in total. The Morgan fingerprint density at radius 3 is 1.92 bits per heavy atom. The van der Waals surface area contributed by atoms with Gasteiger partial charge in [0.05, 0.1) is 4.91 Å². The summed E-state index contributed by atoms with van der Waals surface area (Å²) in [6, 6.07) is 0. The second-order valence-electron chi connectivity index (χ2n) is 4.88. The predicted molar refractivity (Wildman–Crippen MR) is 104 cm³/mol. The van der Waals surface area contributed by atoms with Gasteiger partial charge in [0, 0.05) is 17.1 Å². The molecule has 0 unspecified atom stereocenters. The Labute approximate surface area is 145 Å². The molecule has 24 heavy (non-hydrogen) atoms. The summed E-state index contributed by atoms with van der Waals surface area (Å²) in [5.41, 5.74) is 2.04. The van der Waals surface area contributed by atoms with E-state index in [0.29, 0.717) is 11.4 Å². The molecule has 0 heterocycles. The summed E-state index contributed by atoms with van der Waals surface area (Å²) in [7, 11) is -3.75. The average molecular weight is 344 g/mol. The Morgan fingerprint density at radius 2 is 1.38 bits per heavy atom. The van der Waals surface area contributed by atoms with Crippen LogP contribution in [0.1, 0.15) is 6.92 Å². The van der Waals surface area contributed by atoms with Crippen LogP contribution in [0.4, 0.5) is 0 Å². The van der Waals surface area contributed by atoms with E-state index in [4.69, 9.17) is 0 Å². The van der Waals surface area contributed by atoms with E-state index in [1.54, 1.807) is 37.3 Å². The highest BCUT2D eigenvalue weighted by Gasteiger charge is 2.12. The molecule has 0 radical (unpaired) electrons. The van der Waals surface area contributed by atoms with E-state index in [0.717, 1.165) is 5.57 Å². The van der Waals surface area contributed by atoms with E-state index < -0.39 is 10.0 Å². The van der Waals surface area contributed by atoms with E-state index in [1.807, 2.05) is 0 Å². The molecule has 0 aliphatic heterocycles. The average Bonchev–Trinajstić information content (AvgIpc) is 2.47. The second-order valence-corrected chi connectivity index (χ2v) is 6.62. The molecular formula is C19H24N2O2S. The van der Waals surface area contributed by atoms with Gasteiger partial charge in [0.25, 0.3) is 10.0 Å². The van der Waals surface area contributed by atoms with Crippen molar-refractivity contribution in [3.8, 4) is 0 Å². The minimum absolute atomic E-state index is 0.0834. The summed E-state index contributed by atoms with van der Waals surface area (Å²) in [6.07, 6.45) is 11.1. The second kappa shape index (κ2) is 10.1. The van der Waals surface area contributed by atoms with E-state index in [1.165, 1.54) is 12.2 Å². The SMILES string of the molecule is C=C/C=C\C(=C)NC(=C)/C=C\C(=C)NS(=O)(=O)C(=C)/C=C\C(=C)C. The van der Waals surface area contributed by atoms with Gasteiger partial charge < -0.3 is 5.32 Å². The van der Waals surface area contributed by atoms with Crippen LogP contribution in [0.5, 0.6) is 0 Å². The minimum atomic E-state index is -3.75. The van der Waals surface area contributed by atoms with Gasteiger partial charge in [-0.15, -0.1) is 0 Å². The standard InChI is InChI=1S/C19H24N2O2S/c1-8-9-10-16(4)20-17(5)12-13-18(6)21-24(22,23)19(7)14-11-15(2)3/h8-14,20-21H,1-2,4-7H2,3H3/b10-9-,13-12-,14-11-. The first-order chi connectivity index (χ1) is 11.1. The van der Waals surface area contributed by atoms with E-state index in [9.17, 15) is 8.42 Å². The lowest BCUT2D eigenvalue weighted by Crippen LogP contribution is -2.22. The molecule has 0 aromatic rings. The lowest BCUT2D eigenvalue weighted by Gasteiger charge is -2.08. The molecule has 0 fully saturated rings. The number of hydrogen-bond acceptors (Lipinski definition) is 3. The highest BCUT2D eigenvalue weighted by molar-refractivity contribution is 7.93. The lowest BCUT2D eigenvalue weighted by molar-refractivity contribution is 0.596. The molecule has 0 amide bonds. The maximum atomic E-state index is 12.0. The van der Waals surface area contributed by atoms with E-state index in [2.05, 4.69) is 49.5 Å². The Balaban J connectivity index is 4.72. The highest BCUT2D eigenvalue weighted by Crippen LogP contribution is 2.08. The van der Waals surface area contributed by atoms with Crippen LogP contribution < -0.4 is 10.0 Å².